The van der Waals surface area contributed by atoms with Gasteiger partial charge in [0.05, 0.1) is 4.90 Å². The molecule has 0 saturated heterocycles. The third-order valence-corrected chi connectivity index (χ3v) is 5.46. The second-order valence-corrected chi connectivity index (χ2v) is 7.27. The van der Waals surface area contributed by atoms with Crippen molar-refractivity contribution < 1.29 is 8.42 Å². The van der Waals surface area contributed by atoms with Crippen LogP contribution in [0.25, 0.3) is 0 Å². The summed E-state index contributed by atoms with van der Waals surface area (Å²) in [6, 6.07) is 8.63. The molecule has 0 aromatic heterocycles. The van der Waals surface area contributed by atoms with Crippen molar-refractivity contribution in [2.45, 2.75) is 30.6 Å². The summed E-state index contributed by atoms with van der Waals surface area (Å²) < 4.78 is 27.0. The number of sulfonamides is 1. The molecule has 0 radical (unpaired) electrons. The number of benzene rings is 1. The van der Waals surface area contributed by atoms with Gasteiger partial charge in [0.1, 0.15) is 0 Å². The van der Waals surface area contributed by atoms with E-state index in [1.165, 1.54) is 25.7 Å². The highest BCUT2D eigenvalue weighted by molar-refractivity contribution is 7.89. The molecule has 98 valence electrons. The molecule has 0 unspecified atom stereocenters. The van der Waals surface area contributed by atoms with E-state index < -0.39 is 10.0 Å². The molecule has 0 heterocycles. The minimum absolute atomic E-state index is 0.371. The molecule has 0 amide bonds. The molecular weight excluding hydrogens is 246 g/mol. The Morgan fingerprint density at radius 1 is 1.06 bits per heavy atom. The van der Waals surface area contributed by atoms with E-state index in [2.05, 4.69) is 4.72 Å². The van der Waals surface area contributed by atoms with Crippen LogP contribution in [0, 0.1) is 17.8 Å². The predicted octanol–water partition coefficient (Wildman–Crippen LogP) is 2.40. The molecular formula is C14H19NO2S. The molecule has 0 bridgehead atoms. The first kappa shape index (κ1) is 12.2. The molecule has 2 saturated carbocycles. The van der Waals surface area contributed by atoms with Gasteiger partial charge < -0.3 is 0 Å². The Kier molecular flexibility index (Phi) is 3.16. The van der Waals surface area contributed by atoms with Crippen LogP contribution in [0.5, 0.6) is 0 Å². The molecule has 3 rings (SSSR count). The highest BCUT2D eigenvalue weighted by atomic mass is 32.2. The van der Waals surface area contributed by atoms with Crippen LogP contribution in [-0.2, 0) is 10.0 Å². The molecule has 0 atom stereocenters. The van der Waals surface area contributed by atoms with E-state index in [0.29, 0.717) is 17.4 Å². The number of rotatable bonds is 6. The fourth-order valence-corrected chi connectivity index (χ4v) is 3.75. The Balaban J connectivity index is 1.65. The molecule has 2 aliphatic carbocycles. The maximum Gasteiger partial charge on any atom is 0.240 e. The van der Waals surface area contributed by atoms with Gasteiger partial charge >= 0.3 is 0 Å². The largest absolute Gasteiger partial charge is 0.240 e. The van der Waals surface area contributed by atoms with E-state index in [1.807, 2.05) is 6.07 Å². The lowest BCUT2D eigenvalue weighted by molar-refractivity contribution is 0.401. The van der Waals surface area contributed by atoms with Crippen LogP contribution in [-0.4, -0.2) is 15.0 Å². The summed E-state index contributed by atoms with van der Waals surface area (Å²) in [6.45, 7) is 0.618. The summed E-state index contributed by atoms with van der Waals surface area (Å²) in [6.07, 6.45) is 5.14. The number of nitrogens with one attached hydrogen (secondary N) is 1. The Labute approximate surface area is 109 Å². The van der Waals surface area contributed by atoms with E-state index >= 15 is 0 Å². The van der Waals surface area contributed by atoms with Crippen LogP contribution in [0.1, 0.15) is 25.7 Å². The zero-order valence-corrected chi connectivity index (χ0v) is 11.2. The van der Waals surface area contributed by atoms with Crippen LogP contribution in [0.4, 0.5) is 0 Å². The fourth-order valence-electron chi connectivity index (χ4n) is 2.66. The zero-order chi connectivity index (χ0) is 12.6. The molecule has 18 heavy (non-hydrogen) atoms. The molecule has 1 aromatic rings. The first-order valence-electron chi connectivity index (χ1n) is 6.71. The number of hydrogen-bond donors (Lipinski definition) is 1. The van der Waals surface area contributed by atoms with Crippen molar-refractivity contribution in [3.8, 4) is 0 Å². The molecule has 0 aliphatic heterocycles. The predicted molar refractivity (Wildman–Crippen MR) is 70.6 cm³/mol. The van der Waals surface area contributed by atoms with Crippen molar-refractivity contribution in [1.29, 1.82) is 0 Å². The maximum absolute atomic E-state index is 12.1. The Morgan fingerprint density at radius 2 is 1.61 bits per heavy atom. The topological polar surface area (TPSA) is 46.2 Å². The van der Waals surface area contributed by atoms with E-state index in [1.54, 1.807) is 24.3 Å². The molecule has 3 nitrogen and oxygen atoms in total. The first-order valence-corrected chi connectivity index (χ1v) is 8.20. The van der Waals surface area contributed by atoms with Gasteiger partial charge in [-0.15, -0.1) is 0 Å². The lowest BCUT2D eigenvalue weighted by Crippen LogP contribution is -2.31. The summed E-state index contributed by atoms with van der Waals surface area (Å²) in [5.41, 5.74) is 0. The van der Waals surface area contributed by atoms with Gasteiger partial charge in [-0.1, -0.05) is 18.2 Å². The minimum Gasteiger partial charge on any atom is -0.211 e. The molecule has 0 spiro atoms. The second-order valence-electron chi connectivity index (χ2n) is 5.50. The van der Waals surface area contributed by atoms with Crippen molar-refractivity contribution in [1.82, 2.24) is 4.72 Å². The first-order chi connectivity index (χ1) is 8.67. The van der Waals surface area contributed by atoms with Crippen molar-refractivity contribution in [2.75, 3.05) is 6.54 Å². The van der Waals surface area contributed by atoms with Crippen LogP contribution < -0.4 is 4.72 Å². The van der Waals surface area contributed by atoms with Gasteiger partial charge in [-0.25, -0.2) is 13.1 Å². The second kappa shape index (κ2) is 4.67. The standard InChI is InChI=1S/C14H19NO2S/c16-18(17,13-4-2-1-3-5-13)15-10-14(11-6-7-11)12-8-9-12/h1-5,11-12,14-15H,6-10H2. The lowest BCUT2D eigenvalue weighted by atomic mass is 9.99. The van der Waals surface area contributed by atoms with Crippen LogP contribution >= 0.6 is 0 Å². The summed E-state index contributed by atoms with van der Waals surface area (Å²) in [7, 11) is -3.32. The quantitative estimate of drug-likeness (QED) is 0.858. The van der Waals surface area contributed by atoms with E-state index in [0.717, 1.165) is 11.8 Å². The van der Waals surface area contributed by atoms with E-state index in [-0.39, 0.29) is 0 Å². The van der Waals surface area contributed by atoms with Crippen LogP contribution in [0.15, 0.2) is 35.2 Å². The van der Waals surface area contributed by atoms with Crippen LogP contribution in [0.2, 0.25) is 0 Å². The molecule has 1 aromatic carbocycles. The third-order valence-electron chi connectivity index (χ3n) is 4.02. The van der Waals surface area contributed by atoms with E-state index in [4.69, 9.17) is 0 Å². The normalized spacial score (nSPS) is 20.3. The Hall–Kier alpha value is -0.870. The molecule has 4 heteroatoms. The average Bonchev–Trinajstić information content (AvgIpc) is 3.24. The van der Waals surface area contributed by atoms with Crippen molar-refractivity contribution in [3.05, 3.63) is 30.3 Å². The fraction of sp³-hybridized carbons (Fsp3) is 0.571. The lowest BCUT2D eigenvalue weighted by Gasteiger charge is -2.16. The molecule has 1 N–H and O–H groups in total. The molecule has 2 fully saturated rings. The Morgan fingerprint density at radius 3 is 2.11 bits per heavy atom. The smallest absolute Gasteiger partial charge is 0.211 e. The van der Waals surface area contributed by atoms with Gasteiger partial charge in [0.25, 0.3) is 0 Å². The van der Waals surface area contributed by atoms with E-state index in [9.17, 15) is 8.42 Å². The molecule has 2 aliphatic rings. The van der Waals surface area contributed by atoms with Gasteiger partial charge in [0, 0.05) is 6.54 Å². The highest BCUT2D eigenvalue weighted by Crippen LogP contribution is 2.48. The average molecular weight is 265 g/mol. The Bertz CT molecular complexity index is 492. The SMILES string of the molecule is O=S(=O)(NCC(C1CC1)C1CC1)c1ccccc1. The monoisotopic (exact) mass is 265 g/mol. The third kappa shape index (κ3) is 2.75. The van der Waals surface area contributed by atoms with Gasteiger partial charge in [0.2, 0.25) is 10.0 Å². The summed E-state index contributed by atoms with van der Waals surface area (Å²) >= 11 is 0. The van der Waals surface area contributed by atoms with Crippen molar-refractivity contribution >= 4 is 10.0 Å². The number of hydrogen-bond acceptors (Lipinski definition) is 2. The summed E-state index contributed by atoms with van der Waals surface area (Å²) in [5.74, 6) is 2.12. The maximum atomic E-state index is 12.1. The van der Waals surface area contributed by atoms with Crippen molar-refractivity contribution in [2.24, 2.45) is 17.8 Å². The van der Waals surface area contributed by atoms with Gasteiger partial charge in [-0.2, -0.15) is 0 Å². The van der Waals surface area contributed by atoms with Gasteiger partial charge in [-0.3, -0.25) is 0 Å². The van der Waals surface area contributed by atoms with Gasteiger partial charge in [0.15, 0.2) is 0 Å². The van der Waals surface area contributed by atoms with Crippen LogP contribution in [0.3, 0.4) is 0 Å². The van der Waals surface area contributed by atoms with Crippen molar-refractivity contribution in [3.63, 3.8) is 0 Å². The highest BCUT2D eigenvalue weighted by Gasteiger charge is 2.41. The minimum atomic E-state index is -3.32. The van der Waals surface area contributed by atoms with Gasteiger partial charge in [-0.05, 0) is 55.6 Å². The zero-order valence-electron chi connectivity index (χ0n) is 10.4. The summed E-state index contributed by atoms with van der Waals surface area (Å²) in [5, 5.41) is 0. The summed E-state index contributed by atoms with van der Waals surface area (Å²) in [4.78, 5) is 0.371.